The summed E-state index contributed by atoms with van der Waals surface area (Å²) in [4.78, 5) is 163. The lowest BCUT2D eigenvalue weighted by molar-refractivity contribution is -0.117. The van der Waals surface area contributed by atoms with Gasteiger partial charge in [0, 0.05) is 80.1 Å². The monoisotopic (exact) mass is 1840 g/mol. The molecule has 0 atom stereocenters. The number of Topliss-reactive ketones (excluding diaryl/α,β-unsaturated/α-hetero) is 9. The van der Waals surface area contributed by atoms with Gasteiger partial charge in [0.2, 0.25) is 0 Å². The van der Waals surface area contributed by atoms with Gasteiger partial charge in [-0.2, -0.15) is 0 Å². The molecule has 730 valence electrons. The van der Waals surface area contributed by atoms with Gasteiger partial charge in [-0.1, -0.05) is 240 Å². The molecule has 9 saturated carbocycles. The molecule has 0 aromatic carbocycles. The second kappa shape index (κ2) is 73.9. The Morgan fingerprint density at radius 1 is 0.207 bits per heavy atom. The van der Waals surface area contributed by atoms with Crippen LogP contribution in [0.15, 0.2) is 299 Å². The largest absolute Gasteiger partial charge is 0.295 e. The lowest BCUT2D eigenvalue weighted by atomic mass is 9.91. The fourth-order valence-electron chi connectivity index (χ4n) is 15.0. The Morgan fingerprint density at radius 2 is 0.467 bits per heavy atom. The van der Waals surface area contributed by atoms with Gasteiger partial charge in [-0.25, -0.2) is 0 Å². The normalized spacial score (nSPS) is 22.1. The highest BCUT2D eigenvalue weighted by Crippen LogP contribution is 2.27. The van der Waals surface area contributed by atoms with Crippen molar-refractivity contribution in [2.75, 3.05) is 0 Å². The summed E-state index contributed by atoms with van der Waals surface area (Å²) in [6.07, 6.45) is 92.1. The molecule has 0 aliphatic heterocycles. The van der Waals surface area contributed by atoms with Gasteiger partial charge in [-0.05, 0) is 337 Å². The van der Waals surface area contributed by atoms with E-state index in [1.807, 2.05) is 133 Å². The smallest absolute Gasteiger partial charge is 0.185 e. The van der Waals surface area contributed by atoms with Crippen molar-refractivity contribution in [1.29, 1.82) is 0 Å². The molecular formula is C120H160O15. The Labute approximate surface area is 810 Å². The second-order valence-electron chi connectivity index (χ2n) is 35.6. The second-order valence-corrected chi connectivity index (χ2v) is 35.6. The van der Waals surface area contributed by atoms with Gasteiger partial charge < -0.3 is 0 Å². The summed E-state index contributed by atoms with van der Waals surface area (Å²) in [5, 5.41) is 0. The van der Waals surface area contributed by atoms with Crippen LogP contribution in [0, 0.1) is 17.8 Å². The molecule has 15 aliphatic carbocycles. The average Bonchev–Trinajstić information content (AvgIpc) is 1.74. The molecule has 135 heavy (non-hydrogen) atoms. The summed E-state index contributed by atoms with van der Waals surface area (Å²) in [6.45, 7) is 45.7. The summed E-state index contributed by atoms with van der Waals surface area (Å²) in [5.41, 5.74) is 13.2. The quantitative estimate of drug-likeness (QED) is 0.188. The number of ketones is 15. The summed E-state index contributed by atoms with van der Waals surface area (Å²) in [5.74, 6) is 5.10. The van der Waals surface area contributed by atoms with Crippen LogP contribution in [0.3, 0.4) is 0 Å². The zero-order valence-corrected chi connectivity index (χ0v) is 84.1. The fraction of sp³-hybridized carbons (Fsp3) is 0.458. The number of hydrogen-bond acceptors (Lipinski definition) is 15. The molecule has 9 fully saturated rings. The van der Waals surface area contributed by atoms with Crippen LogP contribution in [0.25, 0.3) is 0 Å². The van der Waals surface area contributed by atoms with E-state index in [4.69, 9.17) is 0 Å². The third-order valence-electron chi connectivity index (χ3n) is 23.0. The Balaban J connectivity index is 0.000000724. The molecule has 0 bridgehead atoms. The third-order valence-corrected chi connectivity index (χ3v) is 23.0. The molecule has 0 radical (unpaired) electrons. The minimum Gasteiger partial charge on any atom is -0.295 e. The van der Waals surface area contributed by atoms with Crippen molar-refractivity contribution in [3.63, 3.8) is 0 Å². The minimum atomic E-state index is 0.00694. The van der Waals surface area contributed by atoms with Crippen molar-refractivity contribution in [1.82, 2.24) is 0 Å². The topological polar surface area (TPSA) is 256 Å². The molecule has 0 aromatic heterocycles. The van der Waals surface area contributed by atoms with Crippen LogP contribution in [0.4, 0.5) is 0 Å². The van der Waals surface area contributed by atoms with Gasteiger partial charge in [0.15, 0.2) is 86.7 Å². The zero-order valence-electron chi connectivity index (χ0n) is 84.1. The van der Waals surface area contributed by atoms with Crippen molar-refractivity contribution in [3.05, 3.63) is 299 Å². The van der Waals surface area contributed by atoms with E-state index in [0.29, 0.717) is 69.2 Å². The van der Waals surface area contributed by atoms with Crippen molar-refractivity contribution in [3.8, 4) is 0 Å². The van der Waals surface area contributed by atoms with E-state index in [0.717, 1.165) is 279 Å². The molecule has 0 spiro atoms. The van der Waals surface area contributed by atoms with E-state index in [1.165, 1.54) is 51.0 Å². The highest BCUT2D eigenvalue weighted by molar-refractivity contribution is 6.10. The molecule has 0 saturated heterocycles. The molecule has 0 aromatic rings. The van der Waals surface area contributed by atoms with Gasteiger partial charge in [0.1, 0.15) is 0 Å². The van der Waals surface area contributed by atoms with Crippen molar-refractivity contribution in [2.24, 2.45) is 17.8 Å². The van der Waals surface area contributed by atoms with Crippen LogP contribution < -0.4 is 0 Å². The average molecular weight is 1840 g/mol. The summed E-state index contributed by atoms with van der Waals surface area (Å²) < 4.78 is 0. The van der Waals surface area contributed by atoms with Gasteiger partial charge in [-0.15, -0.1) is 0 Å². The lowest BCUT2D eigenvalue weighted by Crippen LogP contribution is -2.09. The van der Waals surface area contributed by atoms with E-state index in [-0.39, 0.29) is 52.0 Å². The minimum absolute atomic E-state index is 0.00694. The Morgan fingerprint density at radius 3 is 0.770 bits per heavy atom. The third kappa shape index (κ3) is 56.5. The van der Waals surface area contributed by atoms with Crippen LogP contribution in [0.1, 0.15) is 340 Å². The first-order chi connectivity index (χ1) is 64.5. The first-order valence-corrected chi connectivity index (χ1v) is 49.4. The molecule has 0 heterocycles. The fourth-order valence-corrected chi connectivity index (χ4v) is 15.0. The molecule has 0 N–H and O–H groups in total. The maximum Gasteiger partial charge on any atom is 0.185 e. The van der Waals surface area contributed by atoms with E-state index in [9.17, 15) is 71.9 Å². The molecule has 15 rings (SSSR count). The van der Waals surface area contributed by atoms with Crippen molar-refractivity contribution < 1.29 is 71.9 Å². The molecular weight excluding hydrogens is 1680 g/mol. The maximum absolute atomic E-state index is 11.5. The SMILES string of the molecule is C/C=C1/C=CC=CC1=O.C/C=C1/C=CCC=CC1=O.C/C=C1/CC=CC1=O.C/C=C1/CCCC1=O.C/C=C1/CCCCC1=O.C/C=C1/CCCCCC1=O.C=C1C=CC=CC1=O.C=C1C=CCC=CC1=O.C=C1CC=CC1=O.C=C1CCCC1=O.C=C1CCCCC1=O.C=C1CCCCCC1=O.CC(C)/C=C1/CCCC1=O.CC(C)/C=C1/CCCCC1=O.CC(C)/C=C1/CCCCCC1=O. The maximum atomic E-state index is 11.5. The number of rotatable bonds is 3. The van der Waals surface area contributed by atoms with E-state index in [2.05, 4.69) is 99.2 Å². The summed E-state index contributed by atoms with van der Waals surface area (Å²) >= 11 is 0. The zero-order chi connectivity index (χ0) is 101. The first kappa shape index (κ1) is 122. The van der Waals surface area contributed by atoms with Crippen LogP contribution in [0.2, 0.25) is 0 Å². The van der Waals surface area contributed by atoms with Crippen molar-refractivity contribution >= 4 is 86.7 Å². The predicted octanol–water partition coefficient (Wildman–Crippen LogP) is 28.5. The van der Waals surface area contributed by atoms with E-state index in [1.54, 1.807) is 60.8 Å². The molecule has 0 amide bonds. The van der Waals surface area contributed by atoms with E-state index < -0.39 is 0 Å². The van der Waals surface area contributed by atoms with Crippen LogP contribution in [-0.4, -0.2) is 86.7 Å². The van der Waals surface area contributed by atoms with Gasteiger partial charge in [-0.3, -0.25) is 71.9 Å². The Kier molecular flexibility index (Phi) is 66.5. The Bertz CT molecular complexity index is 4660. The number of carbonyl (C=O) groups excluding carboxylic acids is 15. The molecule has 0 unspecified atom stereocenters. The summed E-state index contributed by atoms with van der Waals surface area (Å²) in [6, 6.07) is 0. The van der Waals surface area contributed by atoms with Crippen molar-refractivity contribution in [2.45, 2.75) is 340 Å². The van der Waals surface area contributed by atoms with Crippen LogP contribution in [0.5, 0.6) is 0 Å². The highest BCUT2D eigenvalue weighted by Gasteiger charge is 2.21. The van der Waals surface area contributed by atoms with Crippen LogP contribution in [-0.2, 0) is 71.9 Å². The predicted molar refractivity (Wildman–Crippen MR) is 557 cm³/mol. The summed E-state index contributed by atoms with van der Waals surface area (Å²) in [7, 11) is 0. The lowest BCUT2D eigenvalue weighted by Gasteiger charge is -2.13. The standard InChI is InChI=1S/C11H18O.C10H16O.2C9H14O.C9H10O.C8H12O.C8H8O.C8H12O.C8H8O.C7H10O.C7H6O.C7H10O.C7H8O.C6H8O.C6H6O/c1-9(2)8-10-6-4-3-5-7-11(10)12;1-8(2)7-9-5-3-4-6-10(9)11;1-7(2)6-8-4-3-5-9(8)10;2*1-2-8-6-4-3-5-7-9(8)10;2*1-7-5-3-2-4-6-8(7)9;2*1-2-7-5-3-4-6-8(7)9;2*1-6-4-2-3-5-7(6)8;2*1-2-6-4-3-5-7(6)8;2*1-5-3-2-4-6(5)7/h8-9H,3-7H2,1-2H3;7-8H,3-6H2,1-2H3;6-7H,3-5H2,1-2H3;2H,3-7H2,1H3;2,4-7H,3H2,1H3;1-6H2;3-6H,1-2H2;2H,3-6H2,1H3;2-6H,1H3;1-5H2;2-5H,1H2;2H,3-5H2,1H3;2-3,5H,4H2,1H3;1-4H2;2,4H,1,3H2/b10-8-;9-7-;8-6-;2*8-2-;;;2*7-2-;;;2*6-2-;;. The number of carbonyl (C=O) groups is 15. The van der Waals surface area contributed by atoms with E-state index >= 15 is 0 Å². The molecule has 15 nitrogen and oxygen atoms in total. The molecule has 15 aliphatic rings. The molecule has 15 heteroatoms. The number of hydrogen-bond donors (Lipinski definition) is 0. The Hall–Kier alpha value is -11.5. The highest BCUT2D eigenvalue weighted by atomic mass is 16.2. The van der Waals surface area contributed by atoms with Gasteiger partial charge in [0.25, 0.3) is 0 Å². The number of allylic oxidation sites excluding steroid dienone is 44. The first-order valence-electron chi connectivity index (χ1n) is 49.4. The van der Waals surface area contributed by atoms with Gasteiger partial charge in [0.05, 0.1) is 0 Å². The van der Waals surface area contributed by atoms with Crippen LogP contribution >= 0.6 is 0 Å². The van der Waals surface area contributed by atoms with Gasteiger partial charge >= 0.3 is 0 Å².